The molecule has 0 spiro atoms. The summed E-state index contributed by atoms with van der Waals surface area (Å²) in [7, 11) is 1.79. The molecule has 1 saturated heterocycles. The van der Waals surface area contributed by atoms with Gasteiger partial charge in [0.25, 0.3) is 11.8 Å². The fourth-order valence-corrected chi connectivity index (χ4v) is 5.11. The van der Waals surface area contributed by atoms with Gasteiger partial charge in [-0.1, -0.05) is 23.2 Å². The molecule has 11 nitrogen and oxygen atoms in total. The fourth-order valence-electron chi connectivity index (χ4n) is 4.43. The van der Waals surface area contributed by atoms with Crippen molar-refractivity contribution in [3.63, 3.8) is 0 Å². The SMILES string of the molecule is CB(O)N([B]C=O)c1nnc(C(=O)Nc2ccc(C(=O)N3CCN(C)CC3)cc2)cc1OC(C)c1c(Cl)ccc(F)c1Cl. The van der Waals surface area contributed by atoms with Crippen molar-refractivity contribution in [2.75, 3.05) is 43.3 Å². The number of carbonyl (C=O) groups is 3. The van der Waals surface area contributed by atoms with Crippen LogP contribution >= 0.6 is 23.2 Å². The van der Waals surface area contributed by atoms with Crippen LogP contribution in [-0.2, 0) is 4.79 Å². The first kappa shape index (κ1) is 32.2. The number of hydrogen-bond acceptors (Lipinski definition) is 9. The molecule has 43 heavy (non-hydrogen) atoms. The molecule has 2 heterocycles. The largest absolute Gasteiger partial charge is 0.482 e. The van der Waals surface area contributed by atoms with Crippen LogP contribution in [0.25, 0.3) is 0 Å². The first-order chi connectivity index (χ1) is 20.5. The van der Waals surface area contributed by atoms with Crippen LogP contribution in [0, 0.1) is 5.82 Å². The third-order valence-electron chi connectivity index (χ3n) is 6.81. The average Bonchev–Trinajstić information content (AvgIpc) is 2.98. The molecule has 16 heteroatoms. The smallest absolute Gasteiger partial charge is 0.397 e. The van der Waals surface area contributed by atoms with Gasteiger partial charge in [0.05, 0.1) is 5.02 Å². The first-order valence-electron chi connectivity index (χ1n) is 13.3. The third kappa shape index (κ3) is 7.63. The number of hydrogen-bond donors (Lipinski definition) is 2. The van der Waals surface area contributed by atoms with E-state index in [0.717, 1.165) is 31.3 Å². The summed E-state index contributed by atoms with van der Waals surface area (Å²) < 4.78 is 21.3. The maximum Gasteiger partial charge on any atom is 0.397 e. The van der Waals surface area contributed by atoms with Crippen LogP contribution in [0.2, 0.25) is 16.9 Å². The predicted molar refractivity (Wildman–Crippen MR) is 164 cm³/mol. The zero-order valence-corrected chi connectivity index (χ0v) is 25.1. The van der Waals surface area contributed by atoms with E-state index in [4.69, 9.17) is 27.9 Å². The number of anilines is 2. The minimum atomic E-state index is -1.23. The van der Waals surface area contributed by atoms with Crippen LogP contribution < -0.4 is 14.8 Å². The number of ether oxygens (including phenoxy) is 1. The van der Waals surface area contributed by atoms with Crippen molar-refractivity contribution in [2.45, 2.75) is 19.9 Å². The lowest BCUT2D eigenvalue weighted by Gasteiger charge is -2.32. The Bertz CT molecular complexity index is 1500. The zero-order chi connectivity index (χ0) is 31.3. The van der Waals surface area contributed by atoms with Gasteiger partial charge in [0.2, 0.25) is 0 Å². The average molecular weight is 628 g/mol. The molecule has 1 atom stereocenters. The maximum atomic E-state index is 14.2. The van der Waals surface area contributed by atoms with Gasteiger partial charge in [-0.3, -0.25) is 9.59 Å². The molecule has 1 fully saturated rings. The summed E-state index contributed by atoms with van der Waals surface area (Å²) in [5.41, 5.74) is 0.874. The molecule has 0 aliphatic carbocycles. The number of benzene rings is 2. The van der Waals surface area contributed by atoms with Gasteiger partial charge in [0.1, 0.15) is 18.1 Å². The number of amides is 2. The standard InChI is InChI=1S/C27H28B2Cl2FN6O5/c1-16(23-19(30)8-9-20(32)24(23)31)43-22-14-21(34-35-25(22)38(28-15-39)29(2)42)26(40)33-18-6-4-17(5-7-18)27(41)37-12-10-36(3)11-13-37/h4-9,14-16,42H,10-13H2,1-3H3,(H,33,40). The van der Waals surface area contributed by atoms with Crippen LogP contribution in [0.1, 0.15) is 39.4 Å². The number of aromatic nitrogens is 2. The molecule has 2 N–H and O–H groups in total. The summed E-state index contributed by atoms with van der Waals surface area (Å²) in [5.74, 6) is -1.62. The van der Waals surface area contributed by atoms with Gasteiger partial charge >= 0.3 is 14.5 Å². The maximum absolute atomic E-state index is 14.2. The molecule has 1 unspecified atom stereocenters. The second kappa shape index (κ2) is 14.2. The van der Waals surface area contributed by atoms with E-state index in [-0.39, 0.29) is 38.8 Å². The minimum Gasteiger partial charge on any atom is -0.482 e. The predicted octanol–water partition coefficient (Wildman–Crippen LogP) is 3.43. The fraction of sp³-hybridized carbons (Fsp3) is 0.296. The highest BCUT2D eigenvalue weighted by atomic mass is 35.5. The molecule has 1 aliphatic heterocycles. The molecule has 3 aromatic rings. The first-order valence-corrected chi connectivity index (χ1v) is 14.1. The zero-order valence-electron chi connectivity index (χ0n) is 23.6. The summed E-state index contributed by atoms with van der Waals surface area (Å²) >= 11 is 12.4. The highest BCUT2D eigenvalue weighted by molar-refractivity contribution is 6.82. The van der Waals surface area contributed by atoms with Crippen molar-refractivity contribution >= 4 is 67.2 Å². The van der Waals surface area contributed by atoms with Crippen molar-refractivity contribution in [3.8, 4) is 5.75 Å². The van der Waals surface area contributed by atoms with Crippen LogP contribution in [0.5, 0.6) is 5.75 Å². The molecule has 0 bridgehead atoms. The van der Waals surface area contributed by atoms with E-state index in [1.807, 2.05) is 7.05 Å². The van der Waals surface area contributed by atoms with Crippen molar-refractivity contribution in [1.29, 1.82) is 0 Å². The van der Waals surface area contributed by atoms with E-state index in [1.54, 1.807) is 36.1 Å². The van der Waals surface area contributed by atoms with Crippen LogP contribution in [0.15, 0.2) is 42.5 Å². The van der Waals surface area contributed by atoms with Crippen molar-refractivity contribution in [1.82, 2.24) is 20.0 Å². The van der Waals surface area contributed by atoms with Crippen LogP contribution in [0.4, 0.5) is 15.9 Å². The van der Waals surface area contributed by atoms with Gasteiger partial charge in [-0.15, -0.1) is 10.2 Å². The Balaban J connectivity index is 1.58. The van der Waals surface area contributed by atoms with E-state index in [9.17, 15) is 23.8 Å². The van der Waals surface area contributed by atoms with E-state index in [0.29, 0.717) is 30.5 Å². The summed E-state index contributed by atoms with van der Waals surface area (Å²) in [6.07, 6.45) is -0.521. The lowest BCUT2D eigenvalue weighted by atomic mass is 9.73. The molecule has 2 amide bonds. The Labute approximate surface area is 259 Å². The normalized spacial score (nSPS) is 14.1. The molecular formula is C27H28B2Cl2FN6O5. The summed E-state index contributed by atoms with van der Waals surface area (Å²) in [6.45, 7) is 5.81. The summed E-state index contributed by atoms with van der Waals surface area (Å²) in [6, 6.07) is 10.2. The topological polar surface area (TPSA) is 128 Å². The summed E-state index contributed by atoms with van der Waals surface area (Å²) in [5, 5.41) is 20.8. The lowest BCUT2D eigenvalue weighted by Crippen LogP contribution is -2.47. The van der Waals surface area contributed by atoms with Crippen molar-refractivity contribution in [3.05, 3.63) is 75.1 Å². The van der Waals surface area contributed by atoms with E-state index >= 15 is 0 Å². The molecule has 2 aromatic carbocycles. The highest BCUT2D eigenvalue weighted by Gasteiger charge is 2.27. The molecule has 0 saturated carbocycles. The summed E-state index contributed by atoms with van der Waals surface area (Å²) in [4.78, 5) is 41.2. The number of nitrogens with one attached hydrogen (secondary N) is 1. The molecule has 1 aromatic heterocycles. The minimum absolute atomic E-state index is 0.0730. The monoisotopic (exact) mass is 627 g/mol. The lowest BCUT2D eigenvalue weighted by molar-refractivity contribution is 0.0664. The van der Waals surface area contributed by atoms with Crippen LogP contribution in [0.3, 0.4) is 0 Å². The quantitative estimate of drug-likeness (QED) is 0.197. The highest BCUT2D eigenvalue weighted by Crippen LogP contribution is 2.37. The van der Waals surface area contributed by atoms with E-state index in [1.165, 1.54) is 19.0 Å². The van der Waals surface area contributed by atoms with Crippen LogP contribution in [-0.4, -0.2) is 90.7 Å². The second-order valence-electron chi connectivity index (χ2n) is 9.89. The second-order valence-corrected chi connectivity index (χ2v) is 10.7. The number of rotatable bonds is 10. The Morgan fingerprint density at radius 1 is 1.16 bits per heavy atom. The Kier molecular flexibility index (Phi) is 10.6. The van der Waals surface area contributed by atoms with Gasteiger partial charge in [-0.05, 0) is 57.2 Å². The van der Waals surface area contributed by atoms with Gasteiger partial charge in [-0.25, -0.2) is 4.39 Å². The van der Waals surface area contributed by atoms with E-state index < -0.39 is 24.9 Å². The Morgan fingerprint density at radius 2 is 1.84 bits per heavy atom. The van der Waals surface area contributed by atoms with Gasteiger partial charge in [0.15, 0.2) is 17.3 Å². The van der Waals surface area contributed by atoms with Crippen molar-refractivity contribution in [2.24, 2.45) is 0 Å². The number of nitrogens with zero attached hydrogens (tertiary/aromatic N) is 5. The van der Waals surface area contributed by atoms with Crippen molar-refractivity contribution < 1.29 is 28.5 Å². The Hall–Kier alpha value is -3.71. The van der Waals surface area contributed by atoms with Gasteiger partial charge in [0, 0.05) is 54.1 Å². The van der Waals surface area contributed by atoms with E-state index in [2.05, 4.69) is 20.4 Å². The molecule has 1 radical (unpaired) electrons. The van der Waals surface area contributed by atoms with Gasteiger partial charge in [-0.2, -0.15) is 0 Å². The molecule has 223 valence electrons. The molecular weight excluding hydrogens is 600 g/mol. The number of likely N-dealkylation sites (N-methyl/N-ethyl adjacent to an activating group) is 1. The molecule has 4 rings (SSSR count). The Morgan fingerprint density at radius 3 is 2.47 bits per heavy atom. The number of halogens is 3. The van der Waals surface area contributed by atoms with Gasteiger partial charge < -0.3 is 34.4 Å². The number of piperazine rings is 1. The third-order valence-corrected chi connectivity index (χ3v) is 7.53. The molecule has 1 aliphatic rings. The number of carbonyl (C=O) groups excluding carboxylic acids is 3.